The van der Waals surface area contributed by atoms with E-state index in [0.29, 0.717) is 5.56 Å². The smallest absolute Gasteiger partial charge is 0.221 e. The lowest BCUT2D eigenvalue weighted by atomic mass is 9.71. The summed E-state index contributed by atoms with van der Waals surface area (Å²) in [4.78, 5) is 24.7. The topological polar surface area (TPSA) is 46.2 Å². The number of rotatable bonds is 7. The van der Waals surface area contributed by atoms with Gasteiger partial charge >= 0.3 is 0 Å². The largest absolute Gasteiger partial charge is 0.347 e. The Bertz CT molecular complexity index is 730. The van der Waals surface area contributed by atoms with E-state index in [4.69, 9.17) is 0 Å². The number of carbonyl (C=O) groups is 2. The molecule has 0 heterocycles. The number of carbonyl (C=O) groups excluding carboxylic acids is 2. The third kappa shape index (κ3) is 3.98. The van der Waals surface area contributed by atoms with E-state index >= 15 is 0 Å². The van der Waals surface area contributed by atoms with Crippen LogP contribution in [0.3, 0.4) is 0 Å². The van der Waals surface area contributed by atoms with Crippen molar-refractivity contribution in [3.8, 4) is 0 Å². The molecule has 3 nitrogen and oxygen atoms in total. The Labute approximate surface area is 149 Å². The van der Waals surface area contributed by atoms with Gasteiger partial charge in [0.05, 0.1) is 5.54 Å². The molecule has 1 aliphatic carbocycles. The minimum atomic E-state index is -0.232. The second-order valence-corrected chi connectivity index (χ2v) is 6.82. The molecule has 0 bridgehead atoms. The number of Topliss-reactive ketones (excluding diaryl/α,β-unsaturated/α-hetero) is 1. The Morgan fingerprint density at radius 3 is 2.20 bits per heavy atom. The lowest BCUT2D eigenvalue weighted by Crippen LogP contribution is -2.50. The maximum absolute atomic E-state index is 12.4. The predicted molar refractivity (Wildman–Crippen MR) is 99.5 cm³/mol. The Balaban J connectivity index is 1.56. The molecule has 1 N–H and O–H groups in total. The molecule has 3 rings (SSSR count). The second kappa shape index (κ2) is 7.64. The third-order valence-corrected chi connectivity index (χ3v) is 5.18. The average Bonchev–Trinajstić information content (AvgIpc) is 2.63. The summed E-state index contributed by atoms with van der Waals surface area (Å²) < 4.78 is 0. The summed E-state index contributed by atoms with van der Waals surface area (Å²) in [6.45, 7) is 2.09. The summed E-state index contributed by atoms with van der Waals surface area (Å²) in [6, 6.07) is 17.8. The molecule has 2 aromatic carbocycles. The highest BCUT2D eigenvalue weighted by Crippen LogP contribution is 2.41. The SMILES string of the molecule is CCc1ccc(C(=O)CCC(=O)NC2(c3ccccc3)CCC2)cc1. The van der Waals surface area contributed by atoms with Gasteiger partial charge < -0.3 is 5.32 Å². The number of hydrogen-bond donors (Lipinski definition) is 1. The molecule has 0 aromatic heterocycles. The lowest BCUT2D eigenvalue weighted by Gasteiger charge is -2.43. The van der Waals surface area contributed by atoms with E-state index in [-0.39, 0.29) is 30.1 Å². The van der Waals surface area contributed by atoms with Gasteiger partial charge in [-0.25, -0.2) is 0 Å². The Kier molecular flexibility index (Phi) is 5.32. The van der Waals surface area contributed by atoms with Crippen LogP contribution in [0.1, 0.15) is 60.5 Å². The van der Waals surface area contributed by atoms with Crippen molar-refractivity contribution in [2.45, 2.75) is 51.0 Å². The van der Waals surface area contributed by atoms with Crippen molar-refractivity contribution in [3.63, 3.8) is 0 Å². The molecule has 0 unspecified atom stereocenters. The van der Waals surface area contributed by atoms with Gasteiger partial charge in [0, 0.05) is 18.4 Å². The highest BCUT2D eigenvalue weighted by molar-refractivity contribution is 5.98. The Hall–Kier alpha value is -2.42. The number of benzene rings is 2. The number of aryl methyl sites for hydroxylation is 1. The summed E-state index contributed by atoms with van der Waals surface area (Å²) in [6.07, 6.45) is 4.51. The van der Waals surface area contributed by atoms with Crippen LogP contribution in [0.15, 0.2) is 54.6 Å². The van der Waals surface area contributed by atoms with E-state index in [1.165, 1.54) is 5.56 Å². The highest BCUT2D eigenvalue weighted by Gasteiger charge is 2.39. The molecule has 0 radical (unpaired) electrons. The molecule has 1 aliphatic rings. The zero-order chi connectivity index (χ0) is 17.7. The van der Waals surface area contributed by atoms with E-state index in [0.717, 1.165) is 31.2 Å². The fourth-order valence-corrected chi connectivity index (χ4v) is 3.40. The summed E-state index contributed by atoms with van der Waals surface area (Å²) in [7, 11) is 0. The van der Waals surface area contributed by atoms with Crippen molar-refractivity contribution in [2.75, 3.05) is 0 Å². The summed E-state index contributed by atoms with van der Waals surface area (Å²) in [5, 5.41) is 3.18. The van der Waals surface area contributed by atoms with Crippen molar-refractivity contribution in [3.05, 3.63) is 71.3 Å². The van der Waals surface area contributed by atoms with E-state index < -0.39 is 0 Å². The molecular weight excluding hydrogens is 310 g/mol. The fourth-order valence-electron chi connectivity index (χ4n) is 3.40. The van der Waals surface area contributed by atoms with Gasteiger partial charge in [0.15, 0.2) is 5.78 Å². The van der Waals surface area contributed by atoms with Gasteiger partial charge in [0.1, 0.15) is 0 Å². The van der Waals surface area contributed by atoms with E-state index in [2.05, 4.69) is 24.4 Å². The maximum Gasteiger partial charge on any atom is 0.221 e. The molecule has 1 saturated carbocycles. The van der Waals surface area contributed by atoms with Gasteiger partial charge in [-0.2, -0.15) is 0 Å². The first-order chi connectivity index (χ1) is 12.1. The molecule has 1 amide bonds. The zero-order valence-corrected chi connectivity index (χ0v) is 14.8. The highest BCUT2D eigenvalue weighted by atomic mass is 16.2. The average molecular weight is 335 g/mol. The van der Waals surface area contributed by atoms with Gasteiger partial charge in [0.25, 0.3) is 0 Å². The normalized spacial score (nSPS) is 15.2. The fraction of sp³-hybridized carbons (Fsp3) is 0.364. The minimum Gasteiger partial charge on any atom is -0.347 e. The van der Waals surface area contributed by atoms with Gasteiger partial charge in [-0.05, 0) is 36.8 Å². The van der Waals surface area contributed by atoms with Crippen LogP contribution in [0.4, 0.5) is 0 Å². The van der Waals surface area contributed by atoms with Gasteiger partial charge in [-0.15, -0.1) is 0 Å². The van der Waals surface area contributed by atoms with E-state index in [1.807, 2.05) is 42.5 Å². The Morgan fingerprint density at radius 1 is 0.960 bits per heavy atom. The van der Waals surface area contributed by atoms with Crippen molar-refractivity contribution in [1.29, 1.82) is 0 Å². The number of ketones is 1. The summed E-state index contributed by atoms with van der Waals surface area (Å²) in [5.41, 5.74) is 2.83. The minimum absolute atomic E-state index is 0.0279. The van der Waals surface area contributed by atoms with Crippen LogP contribution in [-0.4, -0.2) is 11.7 Å². The van der Waals surface area contributed by atoms with Gasteiger partial charge in [-0.3, -0.25) is 9.59 Å². The summed E-state index contributed by atoms with van der Waals surface area (Å²) >= 11 is 0. The molecule has 1 fully saturated rings. The first-order valence-corrected chi connectivity index (χ1v) is 9.12. The van der Waals surface area contributed by atoms with Crippen molar-refractivity contribution < 1.29 is 9.59 Å². The standard InChI is InChI=1S/C22H25NO2/c1-2-17-9-11-18(12-10-17)20(24)13-14-21(25)23-22(15-6-16-22)19-7-4-3-5-8-19/h3-5,7-12H,2,6,13-16H2,1H3,(H,23,25). The number of nitrogens with one attached hydrogen (secondary N) is 1. The molecule has 0 atom stereocenters. The quantitative estimate of drug-likeness (QED) is 0.762. The molecule has 0 spiro atoms. The van der Waals surface area contributed by atoms with Crippen LogP contribution in [0.25, 0.3) is 0 Å². The monoisotopic (exact) mass is 335 g/mol. The number of hydrogen-bond acceptors (Lipinski definition) is 2. The van der Waals surface area contributed by atoms with Crippen LogP contribution >= 0.6 is 0 Å². The van der Waals surface area contributed by atoms with Crippen LogP contribution in [-0.2, 0) is 16.8 Å². The third-order valence-electron chi connectivity index (χ3n) is 5.18. The van der Waals surface area contributed by atoms with E-state index in [9.17, 15) is 9.59 Å². The first-order valence-electron chi connectivity index (χ1n) is 9.12. The van der Waals surface area contributed by atoms with Crippen LogP contribution < -0.4 is 5.32 Å². The molecule has 3 heteroatoms. The molecule has 130 valence electrons. The molecular formula is C22H25NO2. The van der Waals surface area contributed by atoms with Gasteiger partial charge in [-0.1, -0.05) is 61.5 Å². The zero-order valence-electron chi connectivity index (χ0n) is 14.8. The maximum atomic E-state index is 12.4. The number of amides is 1. The van der Waals surface area contributed by atoms with Crippen LogP contribution in [0, 0.1) is 0 Å². The van der Waals surface area contributed by atoms with Gasteiger partial charge in [0.2, 0.25) is 5.91 Å². The van der Waals surface area contributed by atoms with Crippen molar-refractivity contribution in [1.82, 2.24) is 5.32 Å². The predicted octanol–water partition coefficient (Wildman–Crippen LogP) is 4.41. The molecule has 2 aromatic rings. The lowest BCUT2D eigenvalue weighted by molar-refractivity contribution is -0.124. The van der Waals surface area contributed by atoms with Crippen LogP contribution in [0.5, 0.6) is 0 Å². The summed E-state index contributed by atoms with van der Waals surface area (Å²) in [5.74, 6) is -0.0118. The first kappa shape index (κ1) is 17.4. The second-order valence-electron chi connectivity index (χ2n) is 6.82. The van der Waals surface area contributed by atoms with Crippen LogP contribution in [0.2, 0.25) is 0 Å². The molecule has 0 aliphatic heterocycles. The van der Waals surface area contributed by atoms with Crippen molar-refractivity contribution >= 4 is 11.7 Å². The molecule has 0 saturated heterocycles. The Morgan fingerprint density at radius 2 is 1.64 bits per heavy atom. The molecule has 25 heavy (non-hydrogen) atoms. The van der Waals surface area contributed by atoms with Crippen molar-refractivity contribution in [2.24, 2.45) is 0 Å². The van der Waals surface area contributed by atoms with E-state index in [1.54, 1.807) is 0 Å².